The monoisotopic (exact) mass is 444 g/mol. The minimum atomic E-state index is 0. The average molecular weight is 447 g/mol. The molecule has 0 nitrogen and oxygen atoms in total. The quantitative estimate of drug-likeness (QED) is 0.384. The van der Waals surface area contributed by atoms with Gasteiger partial charge in [-0.3, -0.25) is 0 Å². The van der Waals surface area contributed by atoms with Gasteiger partial charge in [0, 0.05) is 0 Å². The Hall–Kier alpha value is -0.877. The molecule has 0 saturated carbocycles. The van der Waals surface area contributed by atoms with Crippen LogP contribution in [-0.4, -0.2) is 0 Å². The molecule has 0 spiro atoms. The molecule has 0 aliphatic heterocycles. The van der Waals surface area contributed by atoms with E-state index in [1.54, 1.807) is 0 Å². The largest absolute Gasteiger partial charge is 4.00 e. The van der Waals surface area contributed by atoms with Crippen LogP contribution in [-0.2, 0) is 39.0 Å². The molecule has 4 aromatic rings. The van der Waals surface area contributed by atoms with Gasteiger partial charge in [0.15, 0.2) is 0 Å². The molecule has 0 aromatic heterocycles. The predicted octanol–water partition coefficient (Wildman–Crippen LogP) is -0.162. The summed E-state index contributed by atoms with van der Waals surface area (Å²) < 4.78 is 0. The van der Waals surface area contributed by atoms with Crippen molar-refractivity contribution in [1.82, 2.24) is 0 Å². The number of aryl methyl sites for hydroxylation is 4. The van der Waals surface area contributed by atoms with Crippen LogP contribution >= 0.6 is 0 Å². The maximum atomic E-state index is 2.32. The Morgan fingerprint density at radius 3 is 1.48 bits per heavy atom. The van der Waals surface area contributed by atoms with Crippen molar-refractivity contribution in [2.45, 2.75) is 26.7 Å². The van der Waals surface area contributed by atoms with Crippen LogP contribution in [0.25, 0.3) is 21.5 Å². The second-order valence-corrected chi connectivity index (χ2v) is 6.41. The maximum Gasteiger partial charge on any atom is 4.00 e. The van der Waals surface area contributed by atoms with Crippen LogP contribution in [0.2, 0.25) is 0 Å². The van der Waals surface area contributed by atoms with Crippen molar-refractivity contribution in [3.63, 3.8) is 0 Å². The third kappa shape index (κ3) is 4.46. The van der Waals surface area contributed by atoms with Crippen LogP contribution in [0.3, 0.4) is 0 Å². The van der Waals surface area contributed by atoms with E-state index in [0.717, 1.165) is 12.8 Å². The zero-order chi connectivity index (χ0) is 15.1. The van der Waals surface area contributed by atoms with E-state index < -0.39 is 0 Å². The first-order chi connectivity index (χ1) is 10.7. The van der Waals surface area contributed by atoms with Gasteiger partial charge in [-0.1, -0.05) is 38.8 Å². The molecule has 0 radical (unpaired) electrons. The molecule has 4 rings (SSSR count). The summed E-state index contributed by atoms with van der Waals surface area (Å²) in [5.41, 5.74) is 5.64. The molecule has 0 aliphatic rings. The molecular formula is C22H20Cl2Zr. The normalized spacial score (nSPS) is 10.2. The Morgan fingerprint density at radius 2 is 1.08 bits per heavy atom. The summed E-state index contributed by atoms with van der Waals surface area (Å²) in [4.78, 5) is 0. The molecule has 126 valence electrons. The molecular weight excluding hydrogens is 426 g/mol. The first-order valence-electron chi connectivity index (χ1n) is 8.00. The minimum absolute atomic E-state index is 0. The molecule has 0 bridgehead atoms. The number of halogens is 2. The summed E-state index contributed by atoms with van der Waals surface area (Å²) in [7, 11) is 0. The number of benzene rings is 2. The molecule has 25 heavy (non-hydrogen) atoms. The first kappa shape index (κ1) is 22.2. The van der Waals surface area contributed by atoms with E-state index in [4.69, 9.17) is 0 Å². The van der Waals surface area contributed by atoms with Gasteiger partial charge in [0.25, 0.3) is 0 Å². The van der Waals surface area contributed by atoms with Crippen molar-refractivity contribution in [2.24, 2.45) is 0 Å². The van der Waals surface area contributed by atoms with Gasteiger partial charge in [0.2, 0.25) is 0 Å². The van der Waals surface area contributed by atoms with Crippen LogP contribution in [0.4, 0.5) is 0 Å². The van der Waals surface area contributed by atoms with Gasteiger partial charge in [-0.15, -0.1) is 80.2 Å². The van der Waals surface area contributed by atoms with Crippen molar-refractivity contribution in [2.75, 3.05) is 0 Å². The van der Waals surface area contributed by atoms with Crippen molar-refractivity contribution >= 4 is 21.5 Å². The molecule has 0 saturated heterocycles. The molecule has 0 unspecified atom stereocenters. The fourth-order valence-corrected chi connectivity index (χ4v) is 3.60. The summed E-state index contributed by atoms with van der Waals surface area (Å²) in [6.45, 7) is 4.36. The summed E-state index contributed by atoms with van der Waals surface area (Å²) in [6.07, 6.45) is 2.20. The molecule has 0 heterocycles. The van der Waals surface area contributed by atoms with Crippen LogP contribution in [0, 0.1) is 13.8 Å². The van der Waals surface area contributed by atoms with E-state index in [0.29, 0.717) is 0 Å². The summed E-state index contributed by atoms with van der Waals surface area (Å²) in [5, 5.41) is 5.59. The number of hydrogen-bond acceptors (Lipinski definition) is 0. The van der Waals surface area contributed by atoms with Crippen molar-refractivity contribution in [1.29, 1.82) is 0 Å². The van der Waals surface area contributed by atoms with E-state index >= 15 is 0 Å². The topological polar surface area (TPSA) is 0 Å². The van der Waals surface area contributed by atoms with Crippen LogP contribution in [0.15, 0.2) is 60.7 Å². The summed E-state index contributed by atoms with van der Waals surface area (Å²) in [6, 6.07) is 22.5. The van der Waals surface area contributed by atoms with Crippen molar-refractivity contribution < 1.29 is 51.0 Å². The Labute approximate surface area is 181 Å². The molecule has 0 N–H and O–H groups in total. The molecule has 4 aromatic carbocycles. The average Bonchev–Trinajstić information content (AvgIpc) is 3.06. The summed E-state index contributed by atoms with van der Waals surface area (Å²) in [5.74, 6) is 0. The maximum absolute atomic E-state index is 2.32. The van der Waals surface area contributed by atoms with Gasteiger partial charge < -0.3 is 24.8 Å². The Bertz CT molecular complexity index is 883. The Morgan fingerprint density at radius 1 is 0.680 bits per heavy atom. The minimum Gasteiger partial charge on any atom is -1.00 e. The third-order valence-electron chi connectivity index (χ3n) is 4.63. The van der Waals surface area contributed by atoms with Gasteiger partial charge in [-0.25, -0.2) is 0 Å². The third-order valence-corrected chi connectivity index (χ3v) is 4.63. The molecule has 0 aliphatic carbocycles. The van der Waals surface area contributed by atoms with Gasteiger partial charge in [-0.05, 0) is 0 Å². The van der Waals surface area contributed by atoms with Crippen LogP contribution in [0.1, 0.15) is 22.3 Å². The Balaban J connectivity index is 0.00000104. The second-order valence-electron chi connectivity index (χ2n) is 6.41. The van der Waals surface area contributed by atoms with E-state index in [9.17, 15) is 0 Å². The Kier molecular flexibility index (Phi) is 8.13. The smallest absolute Gasteiger partial charge is 1.00 e. The van der Waals surface area contributed by atoms with Gasteiger partial charge in [0.1, 0.15) is 0 Å². The van der Waals surface area contributed by atoms with Gasteiger partial charge >= 0.3 is 26.2 Å². The van der Waals surface area contributed by atoms with Crippen molar-refractivity contribution in [3.05, 3.63) is 82.9 Å². The first-order valence-corrected chi connectivity index (χ1v) is 8.00. The molecule has 3 heteroatoms. The molecule has 0 atom stereocenters. The number of fused-ring (bicyclic) bond motifs is 2. The van der Waals surface area contributed by atoms with E-state index in [2.05, 4.69) is 74.5 Å². The number of rotatable bonds is 3. The fourth-order valence-electron chi connectivity index (χ4n) is 3.60. The summed E-state index contributed by atoms with van der Waals surface area (Å²) >= 11 is 0. The molecule has 0 fully saturated rings. The standard InChI is InChI=1S/C22H20.2ClH.Zr/c1-15-11-19-7-3-5-17(21(19)13-15)9-10-18-6-4-8-20-12-16(2)14-22(18)20;;;/h3-8,11-14H,9-10H2,1-2H3;2*1H;/q-2;;;+4/p-2. The van der Waals surface area contributed by atoms with Crippen LogP contribution in [0.5, 0.6) is 0 Å². The van der Waals surface area contributed by atoms with E-state index in [1.165, 1.54) is 43.8 Å². The molecule has 0 amide bonds. The number of hydrogen-bond donors (Lipinski definition) is 0. The zero-order valence-corrected chi connectivity index (χ0v) is 18.4. The second kappa shape index (κ2) is 9.17. The van der Waals surface area contributed by atoms with Gasteiger partial charge in [-0.2, -0.15) is 12.1 Å². The fraction of sp³-hybridized carbons (Fsp3) is 0.182. The van der Waals surface area contributed by atoms with Crippen LogP contribution < -0.4 is 24.8 Å². The van der Waals surface area contributed by atoms with E-state index in [1.807, 2.05) is 0 Å². The predicted molar refractivity (Wildman–Crippen MR) is 96.0 cm³/mol. The van der Waals surface area contributed by atoms with Gasteiger partial charge in [0.05, 0.1) is 0 Å². The van der Waals surface area contributed by atoms with Crippen molar-refractivity contribution in [3.8, 4) is 0 Å². The SMILES string of the molecule is Cc1cc2cccc(CCc3cccc4cc(C)[cH-]c34)c2[cH-]1.[Cl-].[Cl-].[Zr+4]. The van der Waals surface area contributed by atoms with E-state index in [-0.39, 0.29) is 51.0 Å². The zero-order valence-electron chi connectivity index (χ0n) is 14.4.